The summed E-state index contributed by atoms with van der Waals surface area (Å²) < 4.78 is 5.60. The number of amides is 1. The van der Waals surface area contributed by atoms with Crippen LogP contribution in [0, 0.1) is 10.1 Å². The van der Waals surface area contributed by atoms with Gasteiger partial charge in [0.25, 0.3) is 5.69 Å². The number of rotatable bonds is 7. The molecule has 1 aromatic heterocycles. The van der Waals surface area contributed by atoms with Crippen LogP contribution in [-0.4, -0.2) is 59.5 Å². The van der Waals surface area contributed by atoms with Crippen molar-refractivity contribution >= 4 is 33.7 Å². The zero-order valence-corrected chi connectivity index (χ0v) is 18.7. The predicted molar refractivity (Wildman–Crippen MR) is 128 cm³/mol. The van der Waals surface area contributed by atoms with Gasteiger partial charge in [-0.05, 0) is 38.1 Å². The molecule has 9 nitrogen and oxygen atoms in total. The molecule has 1 atom stereocenters. The van der Waals surface area contributed by atoms with Gasteiger partial charge in [-0.25, -0.2) is 0 Å². The lowest BCUT2D eigenvalue weighted by Crippen LogP contribution is -2.52. The van der Waals surface area contributed by atoms with E-state index in [-0.39, 0.29) is 22.6 Å². The number of nitrogens with one attached hydrogen (secondary N) is 1. The van der Waals surface area contributed by atoms with E-state index in [2.05, 4.69) is 20.1 Å². The summed E-state index contributed by atoms with van der Waals surface area (Å²) in [6, 6.07) is 12.3. The van der Waals surface area contributed by atoms with E-state index in [1.165, 1.54) is 6.07 Å². The van der Waals surface area contributed by atoms with E-state index in [0.29, 0.717) is 49.6 Å². The quantitative estimate of drug-likeness (QED) is 0.434. The van der Waals surface area contributed by atoms with Crippen LogP contribution in [0.5, 0.6) is 5.75 Å². The number of pyridine rings is 1. The largest absolute Gasteiger partial charge is 0.492 e. The molecule has 172 valence electrons. The first-order valence-corrected chi connectivity index (χ1v) is 11.0. The van der Waals surface area contributed by atoms with Crippen LogP contribution in [0.25, 0.3) is 10.8 Å². The van der Waals surface area contributed by atoms with Gasteiger partial charge >= 0.3 is 0 Å². The van der Waals surface area contributed by atoms with Crippen LogP contribution in [0.2, 0.25) is 0 Å². The Bertz CT molecular complexity index is 1160. The van der Waals surface area contributed by atoms with Crippen molar-refractivity contribution in [1.29, 1.82) is 0 Å². The fourth-order valence-electron chi connectivity index (χ4n) is 4.20. The van der Waals surface area contributed by atoms with Crippen molar-refractivity contribution in [2.45, 2.75) is 19.9 Å². The lowest BCUT2D eigenvalue weighted by molar-refractivity contribution is -0.383. The molecule has 1 aliphatic heterocycles. The number of hydrogen-bond acceptors (Lipinski definition) is 7. The molecule has 0 radical (unpaired) electrons. The van der Waals surface area contributed by atoms with Gasteiger partial charge < -0.3 is 15.0 Å². The van der Waals surface area contributed by atoms with Gasteiger partial charge in [-0.1, -0.05) is 12.1 Å². The topological polar surface area (TPSA) is 101 Å². The number of anilines is 2. The Morgan fingerprint density at radius 3 is 2.64 bits per heavy atom. The van der Waals surface area contributed by atoms with E-state index in [9.17, 15) is 14.9 Å². The Hall–Kier alpha value is -3.72. The molecular formula is C24H27N5O4. The Morgan fingerprint density at radius 1 is 1.15 bits per heavy atom. The van der Waals surface area contributed by atoms with Crippen molar-refractivity contribution in [2.24, 2.45) is 0 Å². The van der Waals surface area contributed by atoms with E-state index < -0.39 is 0 Å². The van der Waals surface area contributed by atoms with Gasteiger partial charge in [0.15, 0.2) is 0 Å². The number of fused-ring (bicyclic) bond motifs is 1. The molecule has 2 heterocycles. The Labute approximate surface area is 192 Å². The number of ether oxygens (including phenoxy) is 1. The number of nitro groups is 1. The van der Waals surface area contributed by atoms with Crippen molar-refractivity contribution < 1.29 is 14.5 Å². The molecule has 1 aliphatic rings. The minimum Gasteiger partial charge on any atom is -0.492 e. The third-order valence-corrected chi connectivity index (χ3v) is 6.00. The average molecular weight is 450 g/mol. The summed E-state index contributed by atoms with van der Waals surface area (Å²) in [4.78, 5) is 32.3. The van der Waals surface area contributed by atoms with Crippen molar-refractivity contribution in [2.75, 3.05) is 43.0 Å². The van der Waals surface area contributed by atoms with Gasteiger partial charge in [-0.2, -0.15) is 0 Å². The number of non-ortho nitro benzene ring substituents is 1. The normalized spacial score (nSPS) is 15.3. The van der Waals surface area contributed by atoms with Gasteiger partial charge in [-0.15, -0.1) is 0 Å². The molecule has 3 aromatic rings. The Balaban J connectivity index is 1.44. The predicted octanol–water partition coefficient (Wildman–Crippen LogP) is 3.69. The smallest absolute Gasteiger partial charge is 0.278 e. The van der Waals surface area contributed by atoms with E-state index in [4.69, 9.17) is 4.74 Å². The van der Waals surface area contributed by atoms with Gasteiger partial charge in [0.1, 0.15) is 5.75 Å². The number of nitro benzene ring substituents is 1. The number of hydrogen-bond donors (Lipinski definition) is 1. The van der Waals surface area contributed by atoms with Crippen LogP contribution in [0.3, 0.4) is 0 Å². The number of benzene rings is 2. The summed E-state index contributed by atoms with van der Waals surface area (Å²) in [5, 5.41) is 15.7. The molecule has 1 fully saturated rings. The van der Waals surface area contributed by atoms with Crippen LogP contribution in [0.4, 0.5) is 17.1 Å². The van der Waals surface area contributed by atoms with Crippen molar-refractivity contribution in [3.8, 4) is 5.75 Å². The molecule has 33 heavy (non-hydrogen) atoms. The number of piperazine rings is 1. The fraction of sp³-hybridized carbons (Fsp3) is 0.333. The fourth-order valence-corrected chi connectivity index (χ4v) is 4.20. The third kappa shape index (κ3) is 4.73. The molecule has 1 saturated heterocycles. The number of carbonyl (C=O) groups excluding carboxylic acids is 1. The molecule has 1 amide bonds. The molecule has 0 bridgehead atoms. The minimum absolute atomic E-state index is 0.0538. The Kier molecular flexibility index (Phi) is 6.69. The summed E-state index contributed by atoms with van der Waals surface area (Å²) in [7, 11) is 0. The first kappa shape index (κ1) is 22.5. The van der Waals surface area contributed by atoms with Crippen LogP contribution in [0.1, 0.15) is 13.8 Å². The maximum absolute atomic E-state index is 12.9. The standard InChI is InChI=1S/C24H27N5O4/c1-3-33-23-7-5-4-6-20(23)26-24(30)17(2)27-12-14-28(15-13-27)21-8-9-22(29(31)32)19-16-25-11-10-18(19)21/h4-11,16-17H,3,12-15H2,1-2H3,(H,26,30)/t17-/m0/s1. The van der Waals surface area contributed by atoms with Gasteiger partial charge in [0.2, 0.25) is 5.91 Å². The highest BCUT2D eigenvalue weighted by Gasteiger charge is 2.27. The molecule has 9 heteroatoms. The molecule has 1 N–H and O–H groups in total. The van der Waals surface area contributed by atoms with Gasteiger partial charge in [0, 0.05) is 55.7 Å². The van der Waals surface area contributed by atoms with Crippen LogP contribution in [0.15, 0.2) is 54.9 Å². The molecule has 0 aliphatic carbocycles. The number of carbonyl (C=O) groups is 1. The van der Waals surface area contributed by atoms with Crippen LogP contribution < -0.4 is 15.0 Å². The highest BCUT2D eigenvalue weighted by atomic mass is 16.6. The van der Waals surface area contributed by atoms with Crippen molar-refractivity contribution in [3.63, 3.8) is 0 Å². The maximum atomic E-state index is 12.9. The maximum Gasteiger partial charge on any atom is 0.278 e. The highest BCUT2D eigenvalue weighted by molar-refractivity contribution is 5.99. The van der Waals surface area contributed by atoms with Crippen molar-refractivity contribution in [1.82, 2.24) is 9.88 Å². The zero-order chi connectivity index (χ0) is 23.4. The molecule has 4 rings (SSSR count). The summed E-state index contributed by atoms with van der Waals surface area (Å²) >= 11 is 0. The monoisotopic (exact) mass is 449 g/mol. The van der Waals surface area contributed by atoms with Gasteiger partial charge in [0.05, 0.1) is 28.6 Å². The van der Waals surface area contributed by atoms with Crippen LogP contribution in [-0.2, 0) is 4.79 Å². The number of aromatic nitrogens is 1. The summed E-state index contributed by atoms with van der Waals surface area (Å²) in [5.41, 5.74) is 1.67. The SMILES string of the molecule is CCOc1ccccc1NC(=O)[C@H](C)N1CCN(c2ccc([N+](=O)[O-])c3cnccc23)CC1. The first-order valence-electron chi connectivity index (χ1n) is 11.0. The highest BCUT2D eigenvalue weighted by Crippen LogP contribution is 2.33. The van der Waals surface area contributed by atoms with E-state index in [1.54, 1.807) is 18.5 Å². The second-order valence-electron chi connectivity index (χ2n) is 7.90. The molecule has 0 spiro atoms. The number of para-hydroxylation sites is 2. The molecule has 0 unspecified atom stereocenters. The Morgan fingerprint density at radius 2 is 1.91 bits per heavy atom. The average Bonchev–Trinajstić information content (AvgIpc) is 2.84. The lowest BCUT2D eigenvalue weighted by atomic mass is 10.1. The van der Waals surface area contributed by atoms with E-state index in [0.717, 1.165) is 11.1 Å². The third-order valence-electron chi connectivity index (χ3n) is 6.00. The first-order chi connectivity index (χ1) is 16.0. The van der Waals surface area contributed by atoms with E-state index in [1.807, 2.05) is 44.2 Å². The minimum atomic E-state index is -0.379. The van der Waals surface area contributed by atoms with E-state index >= 15 is 0 Å². The van der Waals surface area contributed by atoms with Crippen LogP contribution >= 0.6 is 0 Å². The van der Waals surface area contributed by atoms with Crippen molar-refractivity contribution in [3.05, 3.63) is 65.0 Å². The second kappa shape index (κ2) is 9.83. The molecule has 0 saturated carbocycles. The molecule has 2 aromatic carbocycles. The van der Waals surface area contributed by atoms with Gasteiger partial charge in [-0.3, -0.25) is 24.8 Å². The summed E-state index contributed by atoms with van der Waals surface area (Å²) in [6.07, 6.45) is 3.19. The lowest BCUT2D eigenvalue weighted by Gasteiger charge is -2.39. The molecular weight excluding hydrogens is 422 g/mol. The second-order valence-corrected chi connectivity index (χ2v) is 7.90. The number of nitrogens with zero attached hydrogens (tertiary/aromatic N) is 4. The summed E-state index contributed by atoms with van der Waals surface area (Å²) in [5.74, 6) is 0.576. The zero-order valence-electron chi connectivity index (χ0n) is 18.7. The summed E-state index contributed by atoms with van der Waals surface area (Å²) in [6.45, 7) is 7.16.